The summed E-state index contributed by atoms with van der Waals surface area (Å²) < 4.78 is 17.3. The van der Waals surface area contributed by atoms with Gasteiger partial charge < -0.3 is 24.8 Å². The molecule has 2 saturated heterocycles. The molecule has 156 valence electrons. The van der Waals surface area contributed by atoms with Gasteiger partial charge in [-0.15, -0.1) is 0 Å². The van der Waals surface area contributed by atoms with E-state index in [0.29, 0.717) is 18.0 Å². The number of hydrogen-bond acceptors (Lipinski definition) is 5. The molecule has 1 saturated carbocycles. The van der Waals surface area contributed by atoms with Crippen LogP contribution in [0, 0.1) is 12.8 Å². The van der Waals surface area contributed by atoms with E-state index in [-0.39, 0.29) is 5.41 Å². The lowest BCUT2D eigenvalue weighted by Gasteiger charge is -2.41. The molecule has 0 spiro atoms. The maximum absolute atomic E-state index is 5.77. The molecule has 3 fully saturated rings. The van der Waals surface area contributed by atoms with Crippen LogP contribution >= 0.6 is 0 Å². The van der Waals surface area contributed by atoms with Crippen LogP contribution in [0.15, 0.2) is 18.2 Å². The van der Waals surface area contributed by atoms with Crippen molar-refractivity contribution in [3.8, 4) is 5.75 Å². The number of nitrogens with one attached hydrogen (secondary N) is 2. The molecule has 5 nitrogen and oxygen atoms in total. The minimum Gasteiger partial charge on any atom is -0.496 e. The summed E-state index contributed by atoms with van der Waals surface area (Å²) in [6, 6.07) is 7.66. The highest BCUT2D eigenvalue weighted by Crippen LogP contribution is 2.41. The van der Waals surface area contributed by atoms with E-state index in [2.05, 4.69) is 35.8 Å². The van der Waals surface area contributed by atoms with Crippen LogP contribution in [0.5, 0.6) is 5.75 Å². The van der Waals surface area contributed by atoms with E-state index in [1.165, 1.54) is 30.4 Å². The van der Waals surface area contributed by atoms with E-state index >= 15 is 0 Å². The molecule has 0 bridgehead atoms. The lowest BCUT2D eigenvalue weighted by Crippen LogP contribution is -2.53. The Morgan fingerprint density at radius 1 is 1.18 bits per heavy atom. The second-order valence-electron chi connectivity index (χ2n) is 8.81. The van der Waals surface area contributed by atoms with E-state index in [1.54, 1.807) is 7.11 Å². The molecule has 5 heteroatoms. The molecule has 1 aromatic carbocycles. The van der Waals surface area contributed by atoms with Crippen LogP contribution in [0.3, 0.4) is 0 Å². The minimum atomic E-state index is 0.0826. The van der Waals surface area contributed by atoms with Gasteiger partial charge in [0, 0.05) is 49.4 Å². The highest BCUT2D eigenvalue weighted by Gasteiger charge is 2.40. The molecule has 4 rings (SSSR count). The zero-order valence-electron chi connectivity index (χ0n) is 17.5. The predicted molar refractivity (Wildman–Crippen MR) is 111 cm³/mol. The molecular weight excluding hydrogens is 352 g/mol. The van der Waals surface area contributed by atoms with Crippen LogP contribution in [-0.4, -0.2) is 58.7 Å². The second-order valence-corrected chi connectivity index (χ2v) is 8.81. The molecule has 0 amide bonds. The molecule has 3 unspecified atom stereocenters. The Morgan fingerprint density at radius 3 is 2.79 bits per heavy atom. The zero-order valence-corrected chi connectivity index (χ0v) is 17.5. The number of rotatable bonds is 6. The third-order valence-corrected chi connectivity index (χ3v) is 7.12. The van der Waals surface area contributed by atoms with Crippen molar-refractivity contribution in [2.75, 3.05) is 46.6 Å². The smallest absolute Gasteiger partial charge is 0.122 e. The Labute approximate surface area is 169 Å². The average molecular weight is 389 g/mol. The van der Waals surface area contributed by atoms with E-state index in [0.717, 1.165) is 58.1 Å². The van der Waals surface area contributed by atoms with Crippen LogP contribution in [0.25, 0.3) is 0 Å². The van der Waals surface area contributed by atoms with E-state index in [4.69, 9.17) is 14.2 Å². The van der Waals surface area contributed by atoms with Gasteiger partial charge >= 0.3 is 0 Å². The number of ether oxygens (including phenoxy) is 3. The van der Waals surface area contributed by atoms with E-state index in [9.17, 15) is 0 Å². The van der Waals surface area contributed by atoms with Gasteiger partial charge in [0.05, 0.1) is 20.3 Å². The van der Waals surface area contributed by atoms with Gasteiger partial charge in [-0.25, -0.2) is 0 Å². The molecular formula is C23H36N2O3. The first-order valence-electron chi connectivity index (χ1n) is 11.0. The van der Waals surface area contributed by atoms with Gasteiger partial charge in [-0.2, -0.15) is 0 Å². The second kappa shape index (κ2) is 9.12. The van der Waals surface area contributed by atoms with Gasteiger partial charge in [0.15, 0.2) is 0 Å². The summed E-state index contributed by atoms with van der Waals surface area (Å²) in [5.74, 6) is 1.68. The van der Waals surface area contributed by atoms with Gasteiger partial charge in [-0.3, -0.25) is 0 Å². The zero-order chi connectivity index (χ0) is 19.4. The number of benzene rings is 1. The fourth-order valence-corrected chi connectivity index (χ4v) is 5.45. The molecule has 1 aromatic rings. The van der Waals surface area contributed by atoms with Gasteiger partial charge in [-0.1, -0.05) is 24.1 Å². The fraction of sp³-hybridized carbons (Fsp3) is 0.739. The first-order valence-corrected chi connectivity index (χ1v) is 11.0. The van der Waals surface area contributed by atoms with Crippen LogP contribution in [0.4, 0.5) is 0 Å². The standard InChI is InChI=1S/C23H36N2O3/c1-17-6-7-22(26-2)19(14-17)23(8-11-27-12-9-23)16-25-20-5-3-4-18(20)21-15-28-13-10-24-21/h6-7,14,18,20-21,24-25H,3-5,8-13,15-16H2,1-2H3. The summed E-state index contributed by atoms with van der Waals surface area (Å²) in [5.41, 5.74) is 2.72. The maximum Gasteiger partial charge on any atom is 0.122 e. The number of aryl methyl sites for hydroxylation is 1. The highest BCUT2D eigenvalue weighted by molar-refractivity contribution is 5.43. The Kier molecular flexibility index (Phi) is 6.56. The molecule has 0 radical (unpaired) electrons. The molecule has 3 aliphatic rings. The summed E-state index contributed by atoms with van der Waals surface area (Å²) in [6.45, 7) is 7.49. The molecule has 28 heavy (non-hydrogen) atoms. The summed E-state index contributed by atoms with van der Waals surface area (Å²) in [7, 11) is 1.79. The lowest BCUT2D eigenvalue weighted by atomic mass is 9.73. The third kappa shape index (κ3) is 4.23. The van der Waals surface area contributed by atoms with Crippen LogP contribution in [-0.2, 0) is 14.9 Å². The molecule has 2 heterocycles. The molecule has 2 aliphatic heterocycles. The number of methoxy groups -OCH3 is 1. The largest absolute Gasteiger partial charge is 0.496 e. The van der Waals surface area contributed by atoms with Crippen LogP contribution in [0.2, 0.25) is 0 Å². The Bertz CT molecular complexity index is 639. The van der Waals surface area contributed by atoms with E-state index in [1.807, 2.05) is 0 Å². The van der Waals surface area contributed by atoms with Gasteiger partial charge in [0.2, 0.25) is 0 Å². The topological polar surface area (TPSA) is 51.8 Å². The molecule has 3 atom stereocenters. The van der Waals surface area contributed by atoms with Gasteiger partial charge in [0.25, 0.3) is 0 Å². The third-order valence-electron chi connectivity index (χ3n) is 7.12. The molecule has 1 aliphatic carbocycles. The van der Waals surface area contributed by atoms with Crippen molar-refractivity contribution < 1.29 is 14.2 Å². The van der Waals surface area contributed by atoms with Crippen LogP contribution < -0.4 is 15.4 Å². The van der Waals surface area contributed by atoms with Crippen molar-refractivity contribution in [1.82, 2.24) is 10.6 Å². The van der Waals surface area contributed by atoms with Gasteiger partial charge in [0.1, 0.15) is 5.75 Å². The van der Waals surface area contributed by atoms with Crippen LogP contribution in [0.1, 0.15) is 43.2 Å². The van der Waals surface area contributed by atoms with Crippen molar-refractivity contribution in [2.24, 2.45) is 5.92 Å². The van der Waals surface area contributed by atoms with Crippen molar-refractivity contribution in [3.63, 3.8) is 0 Å². The lowest BCUT2D eigenvalue weighted by molar-refractivity contribution is 0.0413. The molecule has 0 aromatic heterocycles. The Morgan fingerprint density at radius 2 is 2.04 bits per heavy atom. The Hall–Kier alpha value is -1.14. The summed E-state index contributed by atoms with van der Waals surface area (Å²) in [4.78, 5) is 0. The summed E-state index contributed by atoms with van der Waals surface area (Å²) in [6.07, 6.45) is 5.96. The predicted octanol–water partition coefficient (Wildman–Crippen LogP) is 2.80. The average Bonchev–Trinajstić information content (AvgIpc) is 3.22. The van der Waals surface area contributed by atoms with Crippen molar-refractivity contribution in [2.45, 2.75) is 56.5 Å². The van der Waals surface area contributed by atoms with Crippen molar-refractivity contribution >= 4 is 0 Å². The number of morpholine rings is 1. The highest BCUT2D eigenvalue weighted by atomic mass is 16.5. The van der Waals surface area contributed by atoms with E-state index < -0.39 is 0 Å². The Balaban J connectivity index is 1.52. The van der Waals surface area contributed by atoms with Gasteiger partial charge in [-0.05, 0) is 44.6 Å². The summed E-state index contributed by atoms with van der Waals surface area (Å²) in [5, 5.41) is 7.69. The summed E-state index contributed by atoms with van der Waals surface area (Å²) >= 11 is 0. The normalized spacial score (nSPS) is 30.3. The van der Waals surface area contributed by atoms with Crippen molar-refractivity contribution in [3.05, 3.63) is 29.3 Å². The fourth-order valence-electron chi connectivity index (χ4n) is 5.45. The van der Waals surface area contributed by atoms with Crippen molar-refractivity contribution in [1.29, 1.82) is 0 Å². The SMILES string of the molecule is COc1ccc(C)cc1C1(CNC2CCCC2C2COCCN2)CCOCC1. The quantitative estimate of drug-likeness (QED) is 0.785. The monoisotopic (exact) mass is 388 g/mol. The minimum absolute atomic E-state index is 0.0826. The molecule has 2 N–H and O–H groups in total. The maximum atomic E-state index is 5.77. The number of hydrogen-bond donors (Lipinski definition) is 2. The first-order chi connectivity index (χ1) is 13.7. The first kappa shape index (κ1) is 20.1.